The minimum Gasteiger partial charge on any atom is -0.481 e. The summed E-state index contributed by atoms with van der Waals surface area (Å²) in [6.07, 6.45) is -0.259. The van der Waals surface area contributed by atoms with Crippen LogP contribution in [-0.4, -0.2) is 60.7 Å². The molecule has 1 aliphatic heterocycles. The molecule has 0 aromatic carbocycles. The number of nitrogens with zero attached hydrogens (tertiary/aromatic N) is 3. The number of anilines is 1. The Morgan fingerprint density at radius 1 is 1.52 bits per heavy atom. The zero-order chi connectivity index (χ0) is 15.6. The van der Waals surface area contributed by atoms with E-state index in [1.807, 2.05) is 0 Å². The van der Waals surface area contributed by atoms with Gasteiger partial charge in [0.1, 0.15) is 11.6 Å². The summed E-state index contributed by atoms with van der Waals surface area (Å²) in [5, 5.41) is 8.98. The molecule has 0 radical (unpaired) electrons. The lowest BCUT2D eigenvalue weighted by atomic mass is 10.2. The lowest BCUT2D eigenvalue weighted by molar-refractivity contribution is -0.137. The number of hydrogen-bond acceptors (Lipinski definition) is 7. The van der Waals surface area contributed by atoms with Crippen LogP contribution >= 0.6 is 0 Å². The summed E-state index contributed by atoms with van der Waals surface area (Å²) in [6.45, 7) is 1.90. The number of carboxylic acids is 1. The number of hydrogen-bond donors (Lipinski definition) is 1. The molecule has 21 heavy (non-hydrogen) atoms. The Hall–Kier alpha value is -1.90. The van der Waals surface area contributed by atoms with Crippen LogP contribution in [-0.2, 0) is 14.6 Å². The maximum atomic E-state index is 11.7. The molecule has 0 bridgehead atoms. The highest BCUT2D eigenvalue weighted by atomic mass is 32.2. The molecular weight excluding hydrogens is 298 g/mol. The van der Waals surface area contributed by atoms with Crippen LogP contribution in [0.4, 0.5) is 5.82 Å². The quantitative estimate of drug-likeness (QED) is 0.818. The van der Waals surface area contributed by atoms with E-state index in [9.17, 15) is 13.2 Å². The first-order valence-electron chi connectivity index (χ1n) is 6.39. The molecule has 0 amide bonds. The average molecular weight is 315 g/mol. The Balaban J connectivity index is 2.35. The number of ether oxygens (including phenoxy) is 1. The van der Waals surface area contributed by atoms with E-state index in [-0.39, 0.29) is 24.5 Å². The minimum absolute atomic E-state index is 0.0194. The van der Waals surface area contributed by atoms with E-state index >= 15 is 0 Å². The number of sulfone groups is 1. The molecule has 1 aromatic rings. The van der Waals surface area contributed by atoms with Crippen molar-refractivity contribution in [1.29, 1.82) is 0 Å². The van der Waals surface area contributed by atoms with Crippen LogP contribution in [0.1, 0.15) is 12.2 Å². The Morgan fingerprint density at radius 3 is 2.86 bits per heavy atom. The van der Waals surface area contributed by atoms with E-state index in [1.54, 1.807) is 17.9 Å². The van der Waals surface area contributed by atoms with Crippen molar-refractivity contribution in [2.45, 2.75) is 19.4 Å². The van der Waals surface area contributed by atoms with Gasteiger partial charge in [-0.1, -0.05) is 0 Å². The van der Waals surface area contributed by atoms with Gasteiger partial charge in [-0.05, 0) is 6.92 Å². The number of methoxy groups -OCH3 is 1. The van der Waals surface area contributed by atoms with Gasteiger partial charge in [-0.15, -0.1) is 0 Å². The molecule has 1 fully saturated rings. The van der Waals surface area contributed by atoms with E-state index in [4.69, 9.17) is 9.84 Å². The molecule has 0 aliphatic carbocycles. The molecule has 1 N–H and O–H groups in total. The fourth-order valence-corrected chi connectivity index (χ4v) is 3.86. The lowest BCUT2D eigenvalue weighted by Crippen LogP contribution is -2.50. The van der Waals surface area contributed by atoms with Crippen LogP contribution in [0.3, 0.4) is 0 Å². The molecule has 1 aromatic heterocycles. The summed E-state index contributed by atoms with van der Waals surface area (Å²) in [4.78, 5) is 21.0. The largest absolute Gasteiger partial charge is 0.481 e. The third kappa shape index (κ3) is 3.81. The van der Waals surface area contributed by atoms with Crippen LogP contribution in [0.2, 0.25) is 0 Å². The van der Waals surface area contributed by atoms with Gasteiger partial charge in [0.25, 0.3) is 0 Å². The first-order valence-corrected chi connectivity index (χ1v) is 8.21. The number of carboxylic acid groups (broad SMARTS) is 1. The molecule has 1 unspecified atom stereocenters. The zero-order valence-corrected chi connectivity index (χ0v) is 12.6. The normalized spacial score (nSPS) is 21.0. The Morgan fingerprint density at radius 2 is 2.24 bits per heavy atom. The molecule has 116 valence electrons. The molecule has 1 saturated heterocycles. The van der Waals surface area contributed by atoms with Gasteiger partial charge in [0.05, 0.1) is 31.1 Å². The molecule has 0 spiro atoms. The van der Waals surface area contributed by atoms with Crippen molar-refractivity contribution >= 4 is 21.6 Å². The van der Waals surface area contributed by atoms with Crippen LogP contribution in [0.15, 0.2) is 6.07 Å². The van der Waals surface area contributed by atoms with Gasteiger partial charge < -0.3 is 14.7 Å². The molecular formula is C12H17N3O5S. The maximum absolute atomic E-state index is 11.7. The van der Waals surface area contributed by atoms with E-state index in [1.165, 1.54) is 7.11 Å². The predicted octanol–water partition coefficient (Wildman–Crippen LogP) is -0.128. The van der Waals surface area contributed by atoms with Crippen molar-refractivity contribution in [2.24, 2.45) is 0 Å². The van der Waals surface area contributed by atoms with Crippen LogP contribution in [0.25, 0.3) is 0 Å². The van der Waals surface area contributed by atoms with Gasteiger partial charge in [0.15, 0.2) is 9.84 Å². The summed E-state index contributed by atoms with van der Waals surface area (Å²) in [7, 11) is -1.75. The van der Waals surface area contributed by atoms with E-state index < -0.39 is 21.8 Å². The molecule has 8 nitrogen and oxygen atoms in total. The van der Waals surface area contributed by atoms with E-state index in [2.05, 4.69) is 9.97 Å². The van der Waals surface area contributed by atoms with Gasteiger partial charge in [-0.25, -0.2) is 13.4 Å². The van der Waals surface area contributed by atoms with Gasteiger partial charge in [0.2, 0.25) is 5.88 Å². The SMILES string of the molecule is COc1cc(N2CCS(=O)(=O)CC2CC(=O)O)nc(C)n1. The summed E-state index contributed by atoms with van der Waals surface area (Å²) in [5.41, 5.74) is 0. The monoisotopic (exact) mass is 315 g/mol. The number of aromatic nitrogens is 2. The molecule has 9 heteroatoms. The molecule has 1 aliphatic rings. The Kier molecular flexibility index (Phi) is 4.31. The second-order valence-electron chi connectivity index (χ2n) is 4.88. The summed E-state index contributed by atoms with van der Waals surface area (Å²) in [5.74, 6) is 0.0753. The van der Waals surface area contributed by atoms with E-state index in [0.717, 1.165) is 0 Å². The van der Waals surface area contributed by atoms with Crippen molar-refractivity contribution in [1.82, 2.24) is 9.97 Å². The van der Waals surface area contributed by atoms with Crippen molar-refractivity contribution in [3.8, 4) is 5.88 Å². The van der Waals surface area contributed by atoms with Crippen molar-refractivity contribution < 1.29 is 23.1 Å². The summed E-state index contributed by atoms with van der Waals surface area (Å²) >= 11 is 0. The smallest absolute Gasteiger partial charge is 0.305 e. The zero-order valence-electron chi connectivity index (χ0n) is 11.8. The highest BCUT2D eigenvalue weighted by Crippen LogP contribution is 2.24. The predicted molar refractivity (Wildman–Crippen MR) is 75.4 cm³/mol. The number of aliphatic carboxylic acids is 1. The van der Waals surface area contributed by atoms with Gasteiger partial charge >= 0.3 is 5.97 Å². The van der Waals surface area contributed by atoms with Crippen LogP contribution in [0, 0.1) is 6.92 Å². The van der Waals surface area contributed by atoms with Crippen molar-refractivity contribution in [3.63, 3.8) is 0 Å². The van der Waals surface area contributed by atoms with Crippen LogP contribution < -0.4 is 9.64 Å². The molecule has 0 saturated carbocycles. The first kappa shape index (κ1) is 15.5. The molecule has 2 rings (SSSR count). The molecule has 1 atom stereocenters. The standard InChI is InChI=1S/C12H17N3O5S/c1-8-13-10(6-11(14-8)20-2)15-3-4-21(18,19)7-9(15)5-12(16)17/h6,9H,3-5,7H2,1-2H3,(H,16,17). The topological polar surface area (TPSA) is 110 Å². The average Bonchev–Trinajstić information content (AvgIpc) is 2.36. The Labute approximate surface area is 122 Å². The minimum atomic E-state index is -3.22. The van der Waals surface area contributed by atoms with Gasteiger partial charge in [-0.3, -0.25) is 4.79 Å². The molecule has 2 heterocycles. The number of carbonyl (C=O) groups is 1. The van der Waals surface area contributed by atoms with Gasteiger partial charge in [0, 0.05) is 12.6 Å². The van der Waals surface area contributed by atoms with Crippen molar-refractivity contribution in [2.75, 3.05) is 30.1 Å². The third-order valence-electron chi connectivity index (χ3n) is 3.24. The third-order valence-corrected chi connectivity index (χ3v) is 4.94. The van der Waals surface area contributed by atoms with E-state index in [0.29, 0.717) is 17.5 Å². The highest BCUT2D eigenvalue weighted by Gasteiger charge is 2.33. The van der Waals surface area contributed by atoms with Gasteiger partial charge in [-0.2, -0.15) is 4.98 Å². The fourth-order valence-electron chi connectivity index (χ4n) is 2.34. The Bertz CT molecular complexity index is 646. The van der Waals surface area contributed by atoms with Crippen molar-refractivity contribution in [3.05, 3.63) is 11.9 Å². The fraction of sp³-hybridized carbons (Fsp3) is 0.583. The van der Waals surface area contributed by atoms with Crippen LogP contribution in [0.5, 0.6) is 5.88 Å². The lowest BCUT2D eigenvalue weighted by Gasteiger charge is -2.35. The summed E-state index contributed by atoms with van der Waals surface area (Å²) < 4.78 is 28.5. The second kappa shape index (κ2) is 5.84. The second-order valence-corrected chi connectivity index (χ2v) is 7.10. The number of aryl methyl sites for hydroxylation is 1. The maximum Gasteiger partial charge on any atom is 0.305 e. The number of rotatable bonds is 4. The highest BCUT2D eigenvalue weighted by molar-refractivity contribution is 7.91. The first-order chi connectivity index (χ1) is 9.80. The summed E-state index contributed by atoms with van der Waals surface area (Å²) in [6, 6.07) is 0.944.